The molecule has 0 unspecified atom stereocenters. The van der Waals surface area contributed by atoms with Gasteiger partial charge in [0.2, 0.25) is 5.91 Å². The largest absolute Gasteiger partial charge is 0.431 e. The minimum Gasteiger partial charge on any atom is -0.431 e. The van der Waals surface area contributed by atoms with Gasteiger partial charge in [0.25, 0.3) is 15.2 Å². The van der Waals surface area contributed by atoms with Crippen molar-refractivity contribution in [3.63, 3.8) is 0 Å². The highest BCUT2D eigenvalue weighted by Crippen LogP contribution is 2.23. The molecule has 3 aromatic rings. The second-order valence-corrected chi connectivity index (χ2v) is 9.67. The van der Waals surface area contributed by atoms with Crippen LogP contribution in [0.1, 0.15) is 25.7 Å². The first-order chi connectivity index (χ1) is 15.0. The summed E-state index contributed by atoms with van der Waals surface area (Å²) in [5.41, 5.74) is 1.79. The molecule has 1 aliphatic rings. The highest BCUT2D eigenvalue weighted by molar-refractivity contribution is 7.99. The van der Waals surface area contributed by atoms with E-state index in [9.17, 15) is 13.2 Å². The van der Waals surface area contributed by atoms with Gasteiger partial charge in [-0.05, 0) is 43.2 Å². The number of aromatic nitrogens is 1. The van der Waals surface area contributed by atoms with E-state index in [-0.39, 0.29) is 16.6 Å². The van der Waals surface area contributed by atoms with Crippen LogP contribution in [0.4, 0.5) is 5.69 Å². The molecule has 2 heterocycles. The monoisotopic (exact) mass is 458 g/mol. The third-order valence-corrected chi connectivity index (χ3v) is 6.86. The first-order valence-corrected chi connectivity index (χ1v) is 12.4. The van der Waals surface area contributed by atoms with Crippen LogP contribution in [0.5, 0.6) is 0 Å². The Morgan fingerprint density at radius 3 is 2.84 bits per heavy atom. The molecule has 0 fully saturated rings. The Morgan fingerprint density at radius 1 is 1.10 bits per heavy atom. The summed E-state index contributed by atoms with van der Waals surface area (Å²) in [5, 5.41) is 3.12. The van der Waals surface area contributed by atoms with Crippen molar-refractivity contribution in [1.29, 1.82) is 0 Å². The highest BCUT2D eigenvalue weighted by atomic mass is 32.2. The number of hydrogen-bond donors (Lipinski definition) is 2. The molecule has 2 N–H and O–H groups in total. The normalized spacial score (nSPS) is 14.6. The number of thioether (sulfide) groups is 1. The van der Waals surface area contributed by atoms with Crippen LogP contribution in [-0.2, 0) is 14.8 Å². The van der Waals surface area contributed by atoms with Crippen molar-refractivity contribution in [3.05, 3.63) is 48.5 Å². The van der Waals surface area contributed by atoms with Crippen LogP contribution in [0.3, 0.4) is 0 Å². The van der Waals surface area contributed by atoms with Gasteiger partial charge >= 0.3 is 0 Å². The fourth-order valence-corrected chi connectivity index (χ4v) is 4.92. The standard InChI is InChI=1S/C21H22N4O4S2/c26-20(14-30-21-24-17-9-3-4-10-18(17)29-21)23-15-7-6-8-16(13-15)31(27,28)25-19-11-2-1-5-12-22-19/h3-4,6-10,13H,1-2,5,11-12,14H2,(H,22,25)(H,23,26). The third kappa shape index (κ3) is 5.65. The number of carbonyl (C=O) groups is 1. The van der Waals surface area contributed by atoms with Gasteiger partial charge in [-0.25, -0.2) is 13.4 Å². The SMILES string of the molecule is O=C(CSc1nc2ccccc2o1)Nc1cccc(S(=O)(=O)NC2=NCCCCC2)c1. The zero-order valence-electron chi connectivity index (χ0n) is 16.7. The molecule has 0 radical (unpaired) electrons. The maximum atomic E-state index is 12.7. The number of carbonyl (C=O) groups excluding carboxylic acids is 1. The van der Waals surface area contributed by atoms with Crippen LogP contribution in [0, 0.1) is 0 Å². The molecular weight excluding hydrogens is 436 g/mol. The molecule has 1 aromatic heterocycles. The molecule has 2 aromatic carbocycles. The number of benzene rings is 2. The first-order valence-electron chi connectivity index (χ1n) is 9.94. The van der Waals surface area contributed by atoms with Gasteiger partial charge in [-0.2, -0.15) is 0 Å². The van der Waals surface area contributed by atoms with Crippen molar-refractivity contribution in [3.8, 4) is 0 Å². The summed E-state index contributed by atoms with van der Waals surface area (Å²) >= 11 is 1.17. The lowest BCUT2D eigenvalue weighted by Gasteiger charge is -2.11. The summed E-state index contributed by atoms with van der Waals surface area (Å²) in [4.78, 5) is 21.0. The number of nitrogens with one attached hydrogen (secondary N) is 2. The molecule has 1 amide bonds. The van der Waals surface area contributed by atoms with Crippen molar-refractivity contribution in [2.24, 2.45) is 4.99 Å². The fourth-order valence-electron chi connectivity index (χ4n) is 3.15. The second kappa shape index (κ2) is 9.52. The predicted molar refractivity (Wildman–Crippen MR) is 121 cm³/mol. The van der Waals surface area contributed by atoms with Gasteiger partial charge in [-0.1, -0.05) is 36.4 Å². The number of oxazole rings is 1. The topological polar surface area (TPSA) is 114 Å². The molecule has 0 aliphatic carbocycles. The summed E-state index contributed by atoms with van der Waals surface area (Å²) < 4.78 is 33.6. The number of sulfonamides is 1. The van der Waals surface area contributed by atoms with Crippen molar-refractivity contribution in [2.75, 3.05) is 17.6 Å². The number of aliphatic imine (C=N–C) groups is 1. The van der Waals surface area contributed by atoms with Gasteiger partial charge in [0.05, 0.1) is 10.6 Å². The van der Waals surface area contributed by atoms with Crippen molar-refractivity contribution < 1.29 is 17.6 Å². The summed E-state index contributed by atoms with van der Waals surface area (Å²) in [7, 11) is -3.77. The smallest absolute Gasteiger partial charge is 0.262 e. The predicted octanol–water partition coefficient (Wildman–Crippen LogP) is 3.81. The number of amidine groups is 1. The Morgan fingerprint density at radius 2 is 1.97 bits per heavy atom. The van der Waals surface area contributed by atoms with Crippen molar-refractivity contribution >= 4 is 50.3 Å². The van der Waals surface area contributed by atoms with E-state index in [1.165, 1.54) is 23.9 Å². The van der Waals surface area contributed by atoms with E-state index in [0.717, 1.165) is 24.8 Å². The molecule has 0 atom stereocenters. The number of hydrogen-bond acceptors (Lipinski definition) is 7. The van der Waals surface area contributed by atoms with Gasteiger partial charge in [0, 0.05) is 18.7 Å². The van der Waals surface area contributed by atoms with Crippen molar-refractivity contribution in [2.45, 2.75) is 35.8 Å². The van der Waals surface area contributed by atoms with Crippen LogP contribution in [0.25, 0.3) is 11.1 Å². The molecule has 4 rings (SSSR count). The van der Waals surface area contributed by atoms with E-state index in [2.05, 4.69) is 20.0 Å². The molecule has 1 aliphatic heterocycles. The average molecular weight is 459 g/mol. The molecule has 0 saturated heterocycles. The molecule has 0 bridgehead atoms. The lowest BCUT2D eigenvalue weighted by molar-refractivity contribution is -0.113. The van der Waals surface area contributed by atoms with E-state index in [1.807, 2.05) is 24.3 Å². The summed E-state index contributed by atoms with van der Waals surface area (Å²) in [6.07, 6.45) is 3.53. The number of nitrogens with zero attached hydrogens (tertiary/aromatic N) is 2. The molecule has 31 heavy (non-hydrogen) atoms. The summed E-state index contributed by atoms with van der Waals surface area (Å²) in [6.45, 7) is 0.631. The zero-order valence-corrected chi connectivity index (χ0v) is 18.3. The number of para-hydroxylation sites is 2. The van der Waals surface area contributed by atoms with E-state index in [1.54, 1.807) is 12.1 Å². The second-order valence-electron chi connectivity index (χ2n) is 7.06. The zero-order chi connectivity index (χ0) is 21.7. The fraction of sp³-hybridized carbons (Fsp3) is 0.286. The Labute approximate surface area is 184 Å². The lowest BCUT2D eigenvalue weighted by atomic mass is 10.2. The Hall–Kier alpha value is -2.85. The van der Waals surface area contributed by atoms with Crippen LogP contribution in [0.2, 0.25) is 0 Å². The number of rotatable bonds is 6. The number of anilines is 1. The van der Waals surface area contributed by atoms with Gasteiger partial charge in [-0.15, -0.1) is 0 Å². The minimum atomic E-state index is -3.77. The van der Waals surface area contributed by atoms with Crippen LogP contribution < -0.4 is 10.0 Å². The Balaban J connectivity index is 1.38. The molecule has 0 spiro atoms. The van der Waals surface area contributed by atoms with E-state index in [4.69, 9.17) is 4.42 Å². The van der Waals surface area contributed by atoms with Gasteiger partial charge in [0.1, 0.15) is 11.4 Å². The van der Waals surface area contributed by atoms with Gasteiger partial charge < -0.3 is 9.73 Å². The van der Waals surface area contributed by atoms with E-state index >= 15 is 0 Å². The lowest BCUT2D eigenvalue weighted by Crippen LogP contribution is -2.30. The maximum absolute atomic E-state index is 12.7. The molecule has 10 heteroatoms. The quantitative estimate of drug-likeness (QED) is 0.543. The number of fused-ring (bicyclic) bond motifs is 1. The molecule has 162 valence electrons. The Kier molecular flexibility index (Phi) is 6.57. The third-order valence-electron chi connectivity index (χ3n) is 4.66. The van der Waals surface area contributed by atoms with Gasteiger partial charge in [-0.3, -0.25) is 14.5 Å². The molecule has 0 saturated carbocycles. The summed E-state index contributed by atoms with van der Waals surface area (Å²) in [6, 6.07) is 13.5. The number of amides is 1. The van der Waals surface area contributed by atoms with Crippen LogP contribution in [-0.4, -0.2) is 37.4 Å². The van der Waals surface area contributed by atoms with Crippen molar-refractivity contribution in [1.82, 2.24) is 9.71 Å². The molecule has 8 nitrogen and oxygen atoms in total. The Bertz CT molecular complexity index is 1190. The summed E-state index contributed by atoms with van der Waals surface area (Å²) in [5.74, 6) is 0.281. The highest BCUT2D eigenvalue weighted by Gasteiger charge is 2.18. The van der Waals surface area contributed by atoms with E-state index < -0.39 is 10.0 Å². The maximum Gasteiger partial charge on any atom is 0.262 e. The molecular formula is C21H22N4O4S2. The van der Waals surface area contributed by atoms with Crippen LogP contribution in [0.15, 0.2) is 68.1 Å². The first kappa shape index (κ1) is 21.4. The van der Waals surface area contributed by atoms with Gasteiger partial charge in [0.15, 0.2) is 5.58 Å². The van der Waals surface area contributed by atoms with Crippen LogP contribution >= 0.6 is 11.8 Å². The minimum absolute atomic E-state index is 0.0730. The van der Waals surface area contributed by atoms with E-state index in [0.29, 0.717) is 35.3 Å². The average Bonchev–Trinajstić information content (AvgIpc) is 3.01.